The van der Waals surface area contributed by atoms with Gasteiger partial charge in [0.2, 0.25) is 5.91 Å². The number of aryl methyl sites for hydroxylation is 1. The first-order valence-electron chi connectivity index (χ1n) is 13.1. The number of carbonyl (C=O) groups excluding carboxylic acids is 3. The molecular formula is C33H30ClN3O3S. The molecule has 41 heavy (non-hydrogen) atoms. The molecule has 1 atom stereocenters. The van der Waals surface area contributed by atoms with E-state index in [9.17, 15) is 14.4 Å². The van der Waals surface area contributed by atoms with Gasteiger partial charge in [0.15, 0.2) is 0 Å². The molecule has 0 heterocycles. The lowest BCUT2D eigenvalue weighted by molar-refractivity contribution is -0.116. The highest BCUT2D eigenvalue weighted by atomic mass is 35.5. The lowest BCUT2D eigenvalue weighted by Crippen LogP contribution is -2.30. The van der Waals surface area contributed by atoms with Crippen LogP contribution in [0.5, 0.6) is 0 Å². The van der Waals surface area contributed by atoms with Crippen LogP contribution in [0.4, 0.5) is 11.4 Å². The normalized spacial score (nSPS) is 11.8. The lowest BCUT2D eigenvalue weighted by Gasteiger charge is -2.16. The van der Waals surface area contributed by atoms with Crippen LogP contribution in [0, 0.1) is 6.92 Å². The second-order valence-electron chi connectivity index (χ2n) is 9.26. The highest BCUT2D eigenvalue weighted by Crippen LogP contribution is 2.30. The molecule has 0 spiro atoms. The molecule has 0 radical (unpaired) electrons. The Morgan fingerprint density at radius 1 is 0.854 bits per heavy atom. The lowest BCUT2D eigenvalue weighted by atomic mass is 10.1. The Labute approximate surface area is 249 Å². The molecule has 0 aliphatic carbocycles. The predicted molar refractivity (Wildman–Crippen MR) is 168 cm³/mol. The number of hydrogen-bond acceptors (Lipinski definition) is 4. The Hall–Kier alpha value is -4.33. The molecule has 0 aliphatic heterocycles. The van der Waals surface area contributed by atoms with Gasteiger partial charge in [-0.3, -0.25) is 14.4 Å². The fourth-order valence-electron chi connectivity index (χ4n) is 3.98. The maximum absolute atomic E-state index is 13.4. The molecule has 208 valence electrons. The van der Waals surface area contributed by atoms with Gasteiger partial charge in [-0.2, -0.15) is 0 Å². The van der Waals surface area contributed by atoms with Crippen LogP contribution in [0.15, 0.2) is 114 Å². The summed E-state index contributed by atoms with van der Waals surface area (Å²) in [5, 5.41) is 8.64. The van der Waals surface area contributed by atoms with Crippen LogP contribution in [-0.4, -0.2) is 23.0 Å². The van der Waals surface area contributed by atoms with E-state index in [1.165, 1.54) is 11.8 Å². The van der Waals surface area contributed by atoms with Crippen molar-refractivity contribution in [1.82, 2.24) is 5.32 Å². The van der Waals surface area contributed by atoms with Gasteiger partial charge in [0.25, 0.3) is 11.8 Å². The fraction of sp³-hybridized carbons (Fsp3) is 0.121. The zero-order valence-electron chi connectivity index (χ0n) is 22.7. The van der Waals surface area contributed by atoms with Gasteiger partial charge >= 0.3 is 0 Å². The van der Waals surface area contributed by atoms with E-state index in [2.05, 4.69) is 16.0 Å². The highest BCUT2D eigenvalue weighted by Gasteiger charge is 2.20. The first-order valence-corrected chi connectivity index (χ1v) is 14.4. The second-order valence-corrected chi connectivity index (χ2v) is 10.9. The molecule has 4 aromatic carbocycles. The molecular weight excluding hydrogens is 554 g/mol. The van der Waals surface area contributed by atoms with Crippen molar-refractivity contribution in [3.05, 3.63) is 131 Å². The zero-order chi connectivity index (χ0) is 29.2. The van der Waals surface area contributed by atoms with Crippen LogP contribution in [0.25, 0.3) is 6.08 Å². The maximum atomic E-state index is 13.4. The van der Waals surface area contributed by atoms with Crippen LogP contribution in [0.3, 0.4) is 0 Å². The minimum absolute atomic E-state index is 0.105. The number of amides is 3. The van der Waals surface area contributed by atoms with Crippen molar-refractivity contribution < 1.29 is 14.4 Å². The van der Waals surface area contributed by atoms with Crippen LogP contribution < -0.4 is 16.0 Å². The zero-order valence-corrected chi connectivity index (χ0v) is 24.3. The van der Waals surface area contributed by atoms with Crippen molar-refractivity contribution in [2.24, 2.45) is 0 Å². The van der Waals surface area contributed by atoms with E-state index in [0.29, 0.717) is 28.4 Å². The number of rotatable bonds is 10. The van der Waals surface area contributed by atoms with Crippen molar-refractivity contribution in [3.63, 3.8) is 0 Å². The monoisotopic (exact) mass is 583 g/mol. The Balaban J connectivity index is 1.50. The van der Waals surface area contributed by atoms with Gasteiger partial charge in [-0.15, -0.1) is 11.8 Å². The Bertz CT molecular complexity index is 1570. The summed E-state index contributed by atoms with van der Waals surface area (Å²) >= 11 is 7.60. The Morgan fingerprint density at radius 3 is 2.32 bits per heavy atom. The summed E-state index contributed by atoms with van der Waals surface area (Å²) in [6.07, 6.45) is 2.24. The fourth-order valence-corrected chi connectivity index (χ4v) is 5.17. The maximum Gasteiger partial charge on any atom is 0.272 e. The number of carbonyl (C=O) groups is 3. The topological polar surface area (TPSA) is 87.3 Å². The molecule has 0 aromatic heterocycles. The average Bonchev–Trinajstić information content (AvgIpc) is 2.97. The van der Waals surface area contributed by atoms with Crippen molar-refractivity contribution in [2.45, 2.75) is 30.4 Å². The minimum atomic E-state index is -0.471. The molecule has 8 heteroatoms. The van der Waals surface area contributed by atoms with E-state index >= 15 is 0 Å². The summed E-state index contributed by atoms with van der Waals surface area (Å²) in [6.45, 7) is 3.90. The quantitative estimate of drug-likeness (QED) is 0.133. The summed E-state index contributed by atoms with van der Waals surface area (Å²) in [7, 11) is 0. The van der Waals surface area contributed by atoms with Crippen molar-refractivity contribution >= 4 is 58.5 Å². The summed E-state index contributed by atoms with van der Waals surface area (Å²) in [5.41, 5.74) is 3.45. The first-order chi connectivity index (χ1) is 19.8. The summed E-state index contributed by atoms with van der Waals surface area (Å²) in [6, 6.07) is 30.7. The Kier molecular flexibility index (Phi) is 10.4. The average molecular weight is 584 g/mol. The van der Waals surface area contributed by atoms with Gasteiger partial charge < -0.3 is 16.0 Å². The molecule has 0 bridgehead atoms. The van der Waals surface area contributed by atoms with Crippen LogP contribution in [0.2, 0.25) is 5.02 Å². The first kappa shape index (κ1) is 29.6. The molecule has 0 saturated heterocycles. The van der Waals surface area contributed by atoms with E-state index in [1.807, 2.05) is 62.4 Å². The summed E-state index contributed by atoms with van der Waals surface area (Å²) in [4.78, 5) is 40.1. The number of benzene rings is 4. The van der Waals surface area contributed by atoms with E-state index in [1.54, 1.807) is 60.7 Å². The van der Waals surface area contributed by atoms with Gasteiger partial charge in [-0.25, -0.2) is 0 Å². The van der Waals surface area contributed by atoms with E-state index in [0.717, 1.165) is 16.0 Å². The minimum Gasteiger partial charge on any atom is -0.324 e. The summed E-state index contributed by atoms with van der Waals surface area (Å²) in [5.74, 6) is -1.02. The van der Waals surface area contributed by atoms with Crippen LogP contribution in [-0.2, 0) is 9.59 Å². The smallest absolute Gasteiger partial charge is 0.272 e. The van der Waals surface area contributed by atoms with Gasteiger partial charge in [0.05, 0.1) is 16.0 Å². The van der Waals surface area contributed by atoms with Crippen LogP contribution in [0.1, 0.15) is 34.8 Å². The molecule has 6 nitrogen and oxygen atoms in total. The van der Waals surface area contributed by atoms with E-state index < -0.39 is 5.91 Å². The summed E-state index contributed by atoms with van der Waals surface area (Å²) < 4.78 is 0. The molecule has 4 rings (SSSR count). The number of para-hydroxylation sites is 1. The number of hydrogen-bond donors (Lipinski definition) is 3. The number of nitrogens with one attached hydrogen (secondary N) is 3. The number of halogens is 1. The highest BCUT2D eigenvalue weighted by molar-refractivity contribution is 8.00. The standard InChI is InChI=1S/C33H30ClN3O3S/c1-3-30(33(40)36-28-18-8-7-17-27(28)34)41-26-16-10-15-25(21-26)35-32(39)29(20-23-12-9-11-22(2)19-23)37-31(38)24-13-5-4-6-14-24/h4-21,30H,3H2,1-2H3,(H,35,39)(H,36,40)(H,37,38)/b29-20+. The number of thioether (sulfide) groups is 1. The third-order valence-electron chi connectivity index (χ3n) is 6.05. The molecule has 3 amide bonds. The van der Waals surface area contributed by atoms with Crippen molar-refractivity contribution in [1.29, 1.82) is 0 Å². The van der Waals surface area contributed by atoms with Crippen LogP contribution >= 0.6 is 23.4 Å². The van der Waals surface area contributed by atoms with E-state index in [-0.39, 0.29) is 22.8 Å². The third kappa shape index (κ3) is 8.58. The molecule has 0 saturated carbocycles. The van der Waals surface area contributed by atoms with Gasteiger partial charge in [0.1, 0.15) is 5.70 Å². The molecule has 1 unspecified atom stereocenters. The van der Waals surface area contributed by atoms with E-state index in [4.69, 9.17) is 11.6 Å². The van der Waals surface area contributed by atoms with Crippen molar-refractivity contribution in [2.75, 3.05) is 10.6 Å². The predicted octanol–water partition coefficient (Wildman–Crippen LogP) is 7.57. The molecule has 4 aromatic rings. The SMILES string of the molecule is CCC(Sc1cccc(NC(=O)/C(=C\c2cccc(C)c2)NC(=O)c2ccccc2)c1)C(=O)Nc1ccccc1Cl. The second kappa shape index (κ2) is 14.3. The molecule has 0 fully saturated rings. The third-order valence-corrected chi connectivity index (χ3v) is 7.73. The van der Waals surface area contributed by atoms with Gasteiger partial charge in [-0.1, -0.05) is 84.8 Å². The van der Waals surface area contributed by atoms with Crippen molar-refractivity contribution in [3.8, 4) is 0 Å². The Morgan fingerprint density at radius 2 is 1.59 bits per heavy atom. The van der Waals surface area contributed by atoms with Gasteiger partial charge in [0, 0.05) is 16.1 Å². The number of anilines is 2. The largest absolute Gasteiger partial charge is 0.324 e. The molecule has 0 aliphatic rings. The van der Waals surface area contributed by atoms with Gasteiger partial charge in [-0.05, 0) is 67.4 Å². The molecule has 3 N–H and O–H groups in total.